The van der Waals surface area contributed by atoms with Gasteiger partial charge in [0.25, 0.3) is 0 Å². The van der Waals surface area contributed by atoms with Gasteiger partial charge in [-0.05, 0) is 18.8 Å². The maximum absolute atomic E-state index is 12.6. The molecule has 0 bridgehead atoms. The lowest BCUT2D eigenvalue weighted by Crippen LogP contribution is -2.82. The third-order valence-electron chi connectivity index (χ3n) is 5.12. The van der Waals surface area contributed by atoms with Gasteiger partial charge in [-0.1, -0.05) is 20.8 Å². The van der Waals surface area contributed by atoms with E-state index in [0.717, 1.165) is 19.4 Å². The zero-order valence-electron chi connectivity index (χ0n) is 13.1. The van der Waals surface area contributed by atoms with E-state index < -0.39 is 5.54 Å². The minimum absolute atomic E-state index is 0.0443. The number of rotatable bonds is 5. The normalized spacial score (nSPS) is 36.6. The van der Waals surface area contributed by atoms with Gasteiger partial charge in [-0.2, -0.15) is 0 Å². The van der Waals surface area contributed by atoms with Crippen LogP contribution in [0.4, 0.5) is 0 Å². The molecule has 20 heavy (non-hydrogen) atoms. The van der Waals surface area contributed by atoms with Crippen LogP contribution >= 0.6 is 0 Å². The molecule has 1 aliphatic heterocycles. The van der Waals surface area contributed by atoms with Crippen molar-refractivity contribution in [2.24, 2.45) is 23.0 Å². The lowest BCUT2D eigenvalue weighted by molar-refractivity contribution is -0.225. The predicted octanol–water partition coefficient (Wildman–Crippen LogP) is 0.918. The lowest BCUT2D eigenvalue weighted by atomic mass is 9.46. The molecule has 1 amide bonds. The van der Waals surface area contributed by atoms with Gasteiger partial charge in [0.15, 0.2) is 0 Å². The molecule has 5 heteroatoms. The smallest absolute Gasteiger partial charge is 0.241 e. The average Bonchev–Trinajstić information content (AvgIpc) is 2.44. The highest BCUT2D eigenvalue weighted by Crippen LogP contribution is 2.57. The molecule has 0 aromatic heterocycles. The highest BCUT2D eigenvalue weighted by Gasteiger charge is 2.70. The van der Waals surface area contributed by atoms with Crippen molar-refractivity contribution in [2.75, 3.05) is 26.9 Å². The molecule has 1 saturated carbocycles. The van der Waals surface area contributed by atoms with Crippen LogP contribution in [-0.4, -0.2) is 44.4 Å². The average molecular weight is 284 g/mol. The molecule has 2 aliphatic rings. The first-order valence-electron chi connectivity index (χ1n) is 7.53. The molecule has 0 radical (unpaired) electrons. The molecule has 1 heterocycles. The number of hydrogen-bond donors (Lipinski definition) is 2. The van der Waals surface area contributed by atoms with E-state index in [1.165, 1.54) is 0 Å². The Hall–Kier alpha value is -0.650. The van der Waals surface area contributed by atoms with Crippen molar-refractivity contribution in [3.63, 3.8) is 0 Å². The van der Waals surface area contributed by atoms with Gasteiger partial charge in [-0.15, -0.1) is 0 Å². The molecule has 0 aromatic carbocycles. The second kappa shape index (κ2) is 5.62. The Labute approximate surface area is 121 Å². The van der Waals surface area contributed by atoms with Gasteiger partial charge >= 0.3 is 0 Å². The third-order valence-corrected chi connectivity index (χ3v) is 5.12. The van der Waals surface area contributed by atoms with Crippen LogP contribution in [0, 0.1) is 17.3 Å². The fraction of sp³-hybridized carbons (Fsp3) is 0.933. The summed E-state index contributed by atoms with van der Waals surface area (Å²) in [4.78, 5) is 12.6. The Morgan fingerprint density at radius 2 is 2.25 bits per heavy atom. The van der Waals surface area contributed by atoms with Crippen molar-refractivity contribution in [3.8, 4) is 0 Å². The monoisotopic (exact) mass is 284 g/mol. The van der Waals surface area contributed by atoms with Gasteiger partial charge in [0.2, 0.25) is 5.91 Å². The van der Waals surface area contributed by atoms with Crippen LogP contribution in [0.1, 0.15) is 33.6 Å². The molecule has 1 saturated heterocycles. The minimum Gasteiger partial charge on any atom is -0.384 e. The van der Waals surface area contributed by atoms with Crippen molar-refractivity contribution in [1.29, 1.82) is 0 Å². The highest BCUT2D eigenvalue weighted by molar-refractivity contribution is 5.89. The van der Waals surface area contributed by atoms with Crippen LogP contribution in [0.5, 0.6) is 0 Å². The van der Waals surface area contributed by atoms with E-state index in [0.29, 0.717) is 13.2 Å². The Morgan fingerprint density at radius 1 is 1.55 bits per heavy atom. The molecule has 2 rings (SSSR count). The zero-order valence-corrected chi connectivity index (χ0v) is 13.1. The fourth-order valence-corrected chi connectivity index (χ4v) is 3.79. The Kier molecular flexibility index (Phi) is 4.42. The molecule has 5 nitrogen and oxygen atoms in total. The van der Waals surface area contributed by atoms with Crippen LogP contribution in [0.2, 0.25) is 0 Å². The third kappa shape index (κ3) is 2.26. The van der Waals surface area contributed by atoms with E-state index in [2.05, 4.69) is 5.32 Å². The summed E-state index contributed by atoms with van der Waals surface area (Å²) < 4.78 is 10.9. The first-order chi connectivity index (χ1) is 9.35. The van der Waals surface area contributed by atoms with Gasteiger partial charge in [-0.3, -0.25) is 4.79 Å². The van der Waals surface area contributed by atoms with Gasteiger partial charge in [-0.25, -0.2) is 0 Å². The van der Waals surface area contributed by atoms with Crippen LogP contribution in [0.3, 0.4) is 0 Å². The summed E-state index contributed by atoms with van der Waals surface area (Å²) >= 11 is 0. The summed E-state index contributed by atoms with van der Waals surface area (Å²) in [5, 5.41) is 3.00. The first-order valence-corrected chi connectivity index (χ1v) is 7.53. The summed E-state index contributed by atoms with van der Waals surface area (Å²) in [6.45, 7) is 8.14. The molecular weight excluding hydrogens is 256 g/mol. The molecular formula is C15H28N2O3. The number of nitrogens with one attached hydrogen (secondary N) is 1. The van der Waals surface area contributed by atoms with Crippen LogP contribution < -0.4 is 11.1 Å². The number of amides is 1. The molecule has 0 aromatic rings. The van der Waals surface area contributed by atoms with Crippen LogP contribution in [-0.2, 0) is 14.3 Å². The molecule has 4 atom stereocenters. The molecule has 2 fully saturated rings. The second-order valence-electron chi connectivity index (χ2n) is 6.90. The van der Waals surface area contributed by atoms with Crippen molar-refractivity contribution >= 4 is 5.91 Å². The number of carbonyl (C=O) groups is 1. The molecule has 4 unspecified atom stereocenters. The topological polar surface area (TPSA) is 73.6 Å². The van der Waals surface area contributed by atoms with E-state index in [1.54, 1.807) is 7.11 Å². The SMILES string of the molecule is COCC(C)CNC(=O)C1(N)C2CCCOC2C1(C)C. The maximum Gasteiger partial charge on any atom is 0.241 e. The number of carbonyl (C=O) groups excluding carboxylic acids is 1. The summed E-state index contributed by atoms with van der Waals surface area (Å²) in [7, 11) is 1.67. The molecule has 3 N–H and O–H groups in total. The van der Waals surface area contributed by atoms with Crippen LogP contribution in [0.25, 0.3) is 0 Å². The number of hydrogen-bond acceptors (Lipinski definition) is 4. The minimum atomic E-state index is -0.815. The van der Waals surface area contributed by atoms with E-state index in [-0.39, 0.29) is 29.3 Å². The van der Waals surface area contributed by atoms with Crippen molar-refractivity contribution < 1.29 is 14.3 Å². The summed E-state index contributed by atoms with van der Waals surface area (Å²) in [5.74, 6) is 0.385. The van der Waals surface area contributed by atoms with Crippen LogP contribution in [0.15, 0.2) is 0 Å². The number of fused-ring (bicyclic) bond motifs is 1. The van der Waals surface area contributed by atoms with Gasteiger partial charge in [0.05, 0.1) is 12.7 Å². The largest absolute Gasteiger partial charge is 0.384 e. The van der Waals surface area contributed by atoms with Gasteiger partial charge < -0.3 is 20.5 Å². The Balaban J connectivity index is 2.00. The highest BCUT2D eigenvalue weighted by atomic mass is 16.5. The molecule has 1 aliphatic carbocycles. The fourth-order valence-electron chi connectivity index (χ4n) is 3.79. The second-order valence-corrected chi connectivity index (χ2v) is 6.90. The van der Waals surface area contributed by atoms with E-state index >= 15 is 0 Å². The van der Waals surface area contributed by atoms with E-state index in [9.17, 15) is 4.79 Å². The molecule has 0 spiro atoms. The number of nitrogens with two attached hydrogens (primary N) is 1. The summed E-state index contributed by atoms with van der Waals surface area (Å²) in [6.07, 6.45) is 2.08. The number of methoxy groups -OCH3 is 1. The number of ether oxygens (including phenoxy) is 2. The lowest BCUT2D eigenvalue weighted by Gasteiger charge is -2.65. The maximum atomic E-state index is 12.6. The zero-order chi connectivity index (χ0) is 15.0. The quantitative estimate of drug-likeness (QED) is 0.787. The van der Waals surface area contributed by atoms with E-state index in [4.69, 9.17) is 15.2 Å². The summed E-state index contributed by atoms with van der Waals surface area (Å²) in [6, 6.07) is 0. The van der Waals surface area contributed by atoms with Gasteiger partial charge in [0, 0.05) is 31.6 Å². The van der Waals surface area contributed by atoms with Crippen molar-refractivity contribution in [2.45, 2.75) is 45.3 Å². The predicted molar refractivity (Wildman–Crippen MR) is 77.2 cm³/mol. The Bertz CT molecular complexity index is 372. The van der Waals surface area contributed by atoms with Crippen molar-refractivity contribution in [3.05, 3.63) is 0 Å². The standard InChI is InChI=1S/C15H28N2O3/c1-10(9-19-4)8-17-13(18)15(16)11-6-5-7-20-12(11)14(15,2)3/h10-12H,5-9,16H2,1-4H3,(H,17,18). The first kappa shape index (κ1) is 15.7. The van der Waals surface area contributed by atoms with E-state index in [1.807, 2.05) is 20.8 Å². The summed E-state index contributed by atoms with van der Waals surface area (Å²) in [5.41, 5.74) is 5.39. The molecule has 116 valence electrons. The van der Waals surface area contributed by atoms with Gasteiger partial charge in [0.1, 0.15) is 5.54 Å². The Morgan fingerprint density at radius 3 is 2.90 bits per heavy atom. The van der Waals surface area contributed by atoms with Crippen molar-refractivity contribution in [1.82, 2.24) is 5.32 Å².